The van der Waals surface area contributed by atoms with Crippen molar-refractivity contribution in [1.82, 2.24) is 5.32 Å². The Morgan fingerprint density at radius 2 is 1.84 bits per heavy atom. The molecule has 5 nitrogen and oxygen atoms in total. The fraction of sp³-hybridized carbons (Fsp3) is 0.462. The average Bonchev–Trinajstić information content (AvgIpc) is 2.35. The van der Waals surface area contributed by atoms with E-state index < -0.39 is 16.1 Å². The van der Waals surface area contributed by atoms with Gasteiger partial charge in [-0.05, 0) is 25.5 Å². The minimum absolute atomic E-state index is 0.312. The highest BCUT2D eigenvalue weighted by molar-refractivity contribution is 7.92. The third-order valence-electron chi connectivity index (χ3n) is 2.86. The predicted molar refractivity (Wildman–Crippen MR) is 76.6 cm³/mol. The molecular weight excluding hydrogens is 264 g/mol. The molecule has 1 atom stereocenters. The zero-order chi connectivity index (χ0) is 14.6. The van der Waals surface area contributed by atoms with E-state index >= 15 is 0 Å². The van der Waals surface area contributed by atoms with Crippen LogP contribution in [0.1, 0.15) is 18.9 Å². The Hall–Kier alpha value is -1.56. The Morgan fingerprint density at radius 1 is 1.32 bits per heavy atom. The van der Waals surface area contributed by atoms with Crippen molar-refractivity contribution in [1.29, 1.82) is 0 Å². The fourth-order valence-corrected chi connectivity index (χ4v) is 3.13. The fourth-order valence-electron chi connectivity index (χ4n) is 1.92. The van der Waals surface area contributed by atoms with Crippen LogP contribution >= 0.6 is 0 Å². The molecular formula is C13H20N2O3S. The summed E-state index contributed by atoms with van der Waals surface area (Å²) >= 11 is 0. The van der Waals surface area contributed by atoms with Crippen LogP contribution in [0.5, 0.6) is 0 Å². The van der Waals surface area contributed by atoms with Gasteiger partial charge < -0.3 is 5.32 Å². The predicted octanol–water partition coefficient (Wildman–Crippen LogP) is 1.29. The minimum Gasteiger partial charge on any atom is -0.357 e. The maximum Gasteiger partial charge on any atom is 0.243 e. The maximum atomic E-state index is 12.0. The Balaban J connectivity index is 3.29. The number of hydrogen-bond acceptors (Lipinski definition) is 3. The molecule has 0 saturated carbocycles. The highest BCUT2D eigenvalue weighted by atomic mass is 32.2. The molecule has 0 spiro atoms. The van der Waals surface area contributed by atoms with Gasteiger partial charge in [0, 0.05) is 7.05 Å². The number of amides is 1. The van der Waals surface area contributed by atoms with Gasteiger partial charge in [-0.2, -0.15) is 0 Å². The zero-order valence-corrected chi connectivity index (χ0v) is 12.5. The van der Waals surface area contributed by atoms with Gasteiger partial charge in [0.25, 0.3) is 0 Å². The van der Waals surface area contributed by atoms with Crippen molar-refractivity contribution < 1.29 is 13.2 Å². The highest BCUT2D eigenvalue weighted by Crippen LogP contribution is 2.22. The van der Waals surface area contributed by atoms with Crippen molar-refractivity contribution in [2.75, 3.05) is 17.6 Å². The molecule has 0 aliphatic heterocycles. The van der Waals surface area contributed by atoms with Crippen LogP contribution < -0.4 is 9.62 Å². The first-order valence-corrected chi connectivity index (χ1v) is 7.93. The van der Waals surface area contributed by atoms with Crippen LogP contribution in [0.15, 0.2) is 24.3 Å². The van der Waals surface area contributed by atoms with Crippen molar-refractivity contribution in [3.8, 4) is 0 Å². The lowest BCUT2D eigenvalue weighted by Gasteiger charge is -2.29. The van der Waals surface area contributed by atoms with Gasteiger partial charge in [-0.3, -0.25) is 9.10 Å². The molecule has 0 bridgehead atoms. The zero-order valence-electron chi connectivity index (χ0n) is 11.7. The second kappa shape index (κ2) is 6.06. The number of benzene rings is 1. The van der Waals surface area contributed by atoms with Crippen LogP contribution in [0, 0.1) is 6.92 Å². The van der Waals surface area contributed by atoms with Crippen LogP contribution in [0.4, 0.5) is 5.69 Å². The molecule has 0 aliphatic rings. The Bertz CT molecular complexity index is 538. The first-order valence-electron chi connectivity index (χ1n) is 6.09. The van der Waals surface area contributed by atoms with E-state index in [0.717, 1.165) is 11.8 Å². The molecule has 0 fully saturated rings. The molecule has 1 rings (SSSR count). The van der Waals surface area contributed by atoms with Crippen molar-refractivity contribution in [3.63, 3.8) is 0 Å². The van der Waals surface area contributed by atoms with Gasteiger partial charge in [0.05, 0.1) is 11.9 Å². The smallest absolute Gasteiger partial charge is 0.243 e. The van der Waals surface area contributed by atoms with Gasteiger partial charge >= 0.3 is 0 Å². The van der Waals surface area contributed by atoms with Crippen molar-refractivity contribution in [3.05, 3.63) is 29.8 Å². The number of likely N-dealkylation sites (N-methyl/N-ethyl adjacent to an activating group) is 1. The van der Waals surface area contributed by atoms with Gasteiger partial charge in [-0.15, -0.1) is 0 Å². The molecule has 0 aliphatic carbocycles. The number of nitrogens with zero attached hydrogens (tertiary/aromatic N) is 1. The molecule has 106 valence electrons. The lowest BCUT2D eigenvalue weighted by Crippen LogP contribution is -2.48. The van der Waals surface area contributed by atoms with E-state index in [4.69, 9.17) is 0 Å². The summed E-state index contributed by atoms with van der Waals surface area (Å²) in [4.78, 5) is 11.9. The second-order valence-electron chi connectivity index (χ2n) is 4.43. The van der Waals surface area contributed by atoms with Crippen molar-refractivity contribution >= 4 is 21.6 Å². The minimum atomic E-state index is -3.52. The number of aryl methyl sites for hydroxylation is 1. The van der Waals surface area contributed by atoms with Gasteiger partial charge in [-0.1, -0.05) is 24.6 Å². The van der Waals surface area contributed by atoms with E-state index in [2.05, 4.69) is 5.32 Å². The molecule has 1 aromatic carbocycles. The second-order valence-corrected chi connectivity index (χ2v) is 6.29. The average molecular weight is 284 g/mol. The number of rotatable bonds is 5. The first-order chi connectivity index (χ1) is 8.81. The normalized spacial score (nSPS) is 12.8. The molecule has 0 aromatic heterocycles. The summed E-state index contributed by atoms with van der Waals surface area (Å²) in [7, 11) is -2.02. The molecule has 19 heavy (non-hydrogen) atoms. The van der Waals surface area contributed by atoms with Crippen LogP contribution in [0.2, 0.25) is 0 Å². The molecule has 1 amide bonds. The largest absolute Gasteiger partial charge is 0.357 e. The van der Waals surface area contributed by atoms with E-state index in [0.29, 0.717) is 12.1 Å². The van der Waals surface area contributed by atoms with Gasteiger partial charge in [0.15, 0.2) is 0 Å². The third-order valence-corrected chi connectivity index (χ3v) is 4.04. The number of anilines is 1. The number of sulfonamides is 1. The quantitative estimate of drug-likeness (QED) is 0.886. The molecule has 6 heteroatoms. The number of carbonyl (C=O) groups excluding carboxylic acids is 1. The summed E-state index contributed by atoms with van der Waals surface area (Å²) in [6.45, 7) is 3.71. The summed E-state index contributed by atoms with van der Waals surface area (Å²) in [6.07, 6.45) is 1.51. The van der Waals surface area contributed by atoms with Crippen LogP contribution in [-0.2, 0) is 14.8 Å². The lowest BCUT2D eigenvalue weighted by atomic mass is 10.1. The van der Waals surface area contributed by atoms with Crippen LogP contribution in [0.25, 0.3) is 0 Å². The van der Waals surface area contributed by atoms with E-state index in [9.17, 15) is 13.2 Å². The van der Waals surface area contributed by atoms with Gasteiger partial charge in [-0.25, -0.2) is 8.42 Å². The topological polar surface area (TPSA) is 66.5 Å². The Labute approximate surface area is 114 Å². The Morgan fingerprint density at radius 3 is 2.21 bits per heavy atom. The first kappa shape index (κ1) is 15.5. The van der Waals surface area contributed by atoms with Crippen LogP contribution in [-0.4, -0.2) is 33.7 Å². The molecule has 1 unspecified atom stereocenters. The van der Waals surface area contributed by atoms with Gasteiger partial charge in [0.2, 0.25) is 15.9 Å². The van der Waals surface area contributed by atoms with Crippen molar-refractivity contribution in [2.24, 2.45) is 0 Å². The lowest BCUT2D eigenvalue weighted by molar-refractivity contribution is -0.121. The standard InChI is InChI=1S/C13H20N2O3S/c1-5-12(13(16)14-3)15(19(4,17)18)11-8-6-10(2)7-9-11/h6-9,12H,5H2,1-4H3,(H,14,16). The molecule has 1 aromatic rings. The van der Waals surface area contributed by atoms with E-state index in [1.807, 2.05) is 19.1 Å². The summed E-state index contributed by atoms with van der Waals surface area (Å²) in [5.41, 5.74) is 1.54. The molecule has 0 saturated heterocycles. The van der Waals surface area contributed by atoms with Crippen molar-refractivity contribution in [2.45, 2.75) is 26.3 Å². The van der Waals surface area contributed by atoms with E-state index in [1.165, 1.54) is 11.4 Å². The summed E-state index contributed by atoms with van der Waals surface area (Å²) < 4.78 is 25.1. The Kier molecular flexibility index (Phi) is 4.94. The molecule has 0 radical (unpaired) electrons. The van der Waals surface area contributed by atoms with E-state index in [1.54, 1.807) is 19.1 Å². The van der Waals surface area contributed by atoms with E-state index in [-0.39, 0.29) is 5.91 Å². The SMILES string of the molecule is CCC(C(=O)NC)N(c1ccc(C)cc1)S(C)(=O)=O. The monoisotopic (exact) mass is 284 g/mol. The number of carbonyl (C=O) groups is 1. The number of hydrogen-bond donors (Lipinski definition) is 1. The highest BCUT2D eigenvalue weighted by Gasteiger charge is 2.30. The molecule has 0 heterocycles. The molecule has 1 N–H and O–H groups in total. The van der Waals surface area contributed by atoms with Gasteiger partial charge in [0.1, 0.15) is 6.04 Å². The summed E-state index contributed by atoms with van der Waals surface area (Å²) in [5, 5.41) is 2.50. The summed E-state index contributed by atoms with van der Waals surface area (Å²) in [5.74, 6) is -0.312. The third kappa shape index (κ3) is 3.70. The maximum absolute atomic E-state index is 12.0. The van der Waals surface area contributed by atoms with Crippen LogP contribution in [0.3, 0.4) is 0 Å². The summed E-state index contributed by atoms with van der Waals surface area (Å²) in [6, 6.07) is 6.33. The number of nitrogens with one attached hydrogen (secondary N) is 1.